The number of carboxylic acid groups (broad SMARTS) is 1. The summed E-state index contributed by atoms with van der Waals surface area (Å²) in [6, 6.07) is 7.63. The zero-order valence-electron chi connectivity index (χ0n) is 13.6. The largest absolute Gasteiger partial charge is 0.481 e. The van der Waals surface area contributed by atoms with E-state index in [-0.39, 0.29) is 23.2 Å². The number of carbonyl (C=O) groups is 2. The number of hydrogen-bond acceptors (Lipinski definition) is 2. The fourth-order valence-corrected chi connectivity index (χ4v) is 3.23. The van der Waals surface area contributed by atoms with E-state index in [0.717, 1.165) is 18.4 Å². The lowest BCUT2D eigenvalue weighted by Gasteiger charge is -2.29. The van der Waals surface area contributed by atoms with Crippen molar-refractivity contribution in [2.45, 2.75) is 44.9 Å². The molecule has 2 rings (SSSR count). The molecule has 1 amide bonds. The molecule has 1 aliphatic rings. The molecule has 1 aromatic rings. The van der Waals surface area contributed by atoms with Gasteiger partial charge in [0.1, 0.15) is 0 Å². The molecule has 1 aromatic carbocycles. The van der Waals surface area contributed by atoms with Gasteiger partial charge in [-0.15, -0.1) is 0 Å². The van der Waals surface area contributed by atoms with Crippen molar-refractivity contribution >= 4 is 23.5 Å². The van der Waals surface area contributed by atoms with E-state index < -0.39 is 5.97 Å². The third-order valence-corrected chi connectivity index (χ3v) is 4.98. The van der Waals surface area contributed by atoms with E-state index >= 15 is 0 Å². The van der Waals surface area contributed by atoms with Crippen LogP contribution in [0.15, 0.2) is 24.3 Å². The lowest BCUT2D eigenvalue weighted by molar-refractivity contribution is -0.144. The first-order valence-electron chi connectivity index (χ1n) is 8.06. The van der Waals surface area contributed by atoms with Gasteiger partial charge in [-0.05, 0) is 37.0 Å². The van der Waals surface area contributed by atoms with Gasteiger partial charge >= 0.3 is 5.97 Å². The van der Waals surface area contributed by atoms with Crippen LogP contribution in [0.25, 0.3) is 0 Å². The molecule has 2 unspecified atom stereocenters. The van der Waals surface area contributed by atoms with E-state index in [4.69, 9.17) is 16.7 Å². The van der Waals surface area contributed by atoms with Gasteiger partial charge in [-0.25, -0.2) is 0 Å². The normalized spacial score (nSPS) is 21.7. The minimum Gasteiger partial charge on any atom is -0.481 e. The zero-order chi connectivity index (χ0) is 17.0. The Morgan fingerprint density at radius 3 is 2.43 bits per heavy atom. The van der Waals surface area contributed by atoms with Crippen LogP contribution in [-0.4, -0.2) is 23.5 Å². The maximum Gasteiger partial charge on any atom is 0.306 e. The first-order valence-corrected chi connectivity index (χ1v) is 8.44. The summed E-state index contributed by atoms with van der Waals surface area (Å²) in [5.74, 6) is -1.39. The smallest absolute Gasteiger partial charge is 0.306 e. The third-order valence-electron chi connectivity index (χ3n) is 4.72. The van der Waals surface area contributed by atoms with Gasteiger partial charge in [0.15, 0.2) is 0 Å². The summed E-state index contributed by atoms with van der Waals surface area (Å²) in [6.45, 7) is 4.65. The number of benzene rings is 1. The Hall–Kier alpha value is -1.55. The number of carboxylic acids is 1. The SMILES string of the molecule is CC(C)(CNC(=O)C1CCCC(C(=O)O)C1)c1ccc(Cl)cc1. The van der Waals surface area contributed by atoms with Crippen molar-refractivity contribution in [2.24, 2.45) is 11.8 Å². The first-order chi connectivity index (χ1) is 10.8. The van der Waals surface area contributed by atoms with Gasteiger partial charge < -0.3 is 10.4 Å². The van der Waals surface area contributed by atoms with Crippen molar-refractivity contribution in [3.8, 4) is 0 Å². The van der Waals surface area contributed by atoms with E-state index in [1.54, 1.807) is 0 Å². The van der Waals surface area contributed by atoms with Crippen LogP contribution < -0.4 is 5.32 Å². The van der Waals surface area contributed by atoms with Crippen molar-refractivity contribution in [1.82, 2.24) is 5.32 Å². The molecule has 1 saturated carbocycles. The highest BCUT2D eigenvalue weighted by atomic mass is 35.5. The van der Waals surface area contributed by atoms with E-state index in [0.29, 0.717) is 24.4 Å². The quantitative estimate of drug-likeness (QED) is 0.862. The van der Waals surface area contributed by atoms with Gasteiger partial charge in [0.05, 0.1) is 5.92 Å². The fourth-order valence-electron chi connectivity index (χ4n) is 3.11. The summed E-state index contributed by atoms with van der Waals surface area (Å²) >= 11 is 5.91. The van der Waals surface area contributed by atoms with E-state index in [1.807, 2.05) is 24.3 Å². The average Bonchev–Trinajstić information content (AvgIpc) is 2.53. The van der Waals surface area contributed by atoms with Crippen molar-refractivity contribution < 1.29 is 14.7 Å². The minimum absolute atomic E-state index is 0.0296. The van der Waals surface area contributed by atoms with E-state index in [2.05, 4.69) is 19.2 Å². The minimum atomic E-state index is -0.788. The van der Waals surface area contributed by atoms with Gasteiger partial charge in [0, 0.05) is 22.9 Å². The summed E-state index contributed by atoms with van der Waals surface area (Å²) in [4.78, 5) is 23.5. The van der Waals surface area contributed by atoms with Crippen LogP contribution in [0, 0.1) is 11.8 Å². The Balaban J connectivity index is 1.92. The number of halogens is 1. The average molecular weight is 338 g/mol. The highest BCUT2D eigenvalue weighted by molar-refractivity contribution is 6.30. The monoisotopic (exact) mass is 337 g/mol. The second-order valence-corrected chi connectivity index (χ2v) is 7.44. The number of carbonyl (C=O) groups excluding carboxylic acids is 1. The molecule has 0 aliphatic heterocycles. The molecule has 0 aromatic heterocycles. The van der Waals surface area contributed by atoms with Crippen molar-refractivity contribution in [1.29, 1.82) is 0 Å². The maximum atomic E-state index is 12.4. The summed E-state index contributed by atoms with van der Waals surface area (Å²) in [6.07, 6.45) is 2.70. The predicted octanol–water partition coefficient (Wildman–Crippen LogP) is 3.62. The standard InChI is InChI=1S/C18H24ClNO3/c1-18(2,14-6-8-15(19)9-7-14)11-20-16(21)12-4-3-5-13(10-12)17(22)23/h6-9,12-13H,3-5,10-11H2,1-2H3,(H,20,21)(H,22,23). The van der Waals surface area contributed by atoms with Gasteiger partial charge in [0.25, 0.3) is 0 Å². The van der Waals surface area contributed by atoms with Gasteiger partial charge in [-0.1, -0.05) is 44.0 Å². The summed E-state index contributed by atoms with van der Waals surface area (Å²) in [7, 11) is 0. The zero-order valence-corrected chi connectivity index (χ0v) is 14.4. The number of hydrogen-bond donors (Lipinski definition) is 2. The molecular formula is C18H24ClNO3. The van der Waals surface area contributed by atoms with Gasteiger partial charge in [-0.3, -0.25) is 9.59 Å². The predicted molar refractivity (Wildman–Crippen MR) is 90.6 cm³/mol. The van der Waals surface area contributed by atoms with Crippen LogP contribution in [0.1, 0.15) is 45.1 Å². The molecule has 1 aliphatic carbocycles. The molecule has 0 spiro atoms. The first kappa shape index (κ1) is 17.8. The maximum absolute atomic E-state index is 12.4. The number of nitrogens with one attached hydrogen (secondary N) is 1. The number of amides is 1. The van der Waals surface area contributed by atoms with Crippen LogP contribution in [0.5, 0.6) is 0 Å². The molecule has 0 heterocycles. The highest BCUT2D eigenvalue weighted by Crippen LogP contribution is 2.30. The topological polar surface area (TPSA) is 66.4 Å². The van der Waals surface area contributed by atoms with Crippen LogP contribution >= 0.6 is 11.6 Å². The summed E-state index contributed by atoms with van der Waals surface area (Å²) in [5.41, 5.74) is 0.899. The Labute approximate surface area is 142 Å². The van der Waals surface area contributed by atoms with Crippen molar-refractivity contribution in [3.05, 3.63) is 34.9 Å². The van der Waals surface area contributed by atoms with E-state index in [9.17, 15) is 9.59 Å². The Morgan fingerprint density at radius 1 is 1.22 bits per heavy atom. The van der Waals surface area contributed by atoms with Crippen LogP contribution in [-0.2, 0) is 15.0 Å². The van der Waals surface area contributed by atoms with E-state index in [1.165, 1.54) is 0 Å². The molecular weight excluding hydrogens is 314 g/mol. The summed E-state index contributed by atoms with van der Waals surface area (Å²) in [5, 5.41) is 12.8. The second kappa shape index (κ2) is 7.35. The highest BCUT2D eigenvalue weighted by Gasteiger charge is 2.31. The lowest BCUT2D eigenvalue weighted by Crippen LogP contribution is -2.41. The molecule has 5 heteroatoms. The lowest BCUT2D eigenvalue weighted by atomic mass is 9.80. The van der Waals surface area contributed by atoms with Crippen LogP contribution in [0.4, 0.5) is 0 Å². The van der Waals surface area contributed by atoms with Crippen molar-refractivity contribution in [2.75, 3.05) is 6.54 Å². The Morgan fingerprint density at radius 2 is 1.83 bits per heavy atom. The van der Waals surface area contributed by atoms with Gasteiger partial charge in [-0.2, -0.15) is 0 Å². The summed E-state index contributed by atoms with van der Waals surface area (Å²) < 4.78 is 0. The Kier molecular flexibility index (Phi) is 5.69. The molecule has 0 radical (unpaired) electrons. The Bertz CT molecular complexity index is 568. The molecule has 0 bridgehead atoms. The second-order valence-electron chi connectivity index (χ2n) is 7.01. The molecule has 1 fully saturated rings. The number of aliphatic carboxylic acids is 1. The van der Waals surface area contributed by atoms with Crippen LogP contribution in [0.3, 0.4) is 0 Å². The number of rotatable bonds is 5. The molecule has 23 heavy (non-hydrogen) atoms. The molecule has 0 saturated heterocycles. The third kappa shape index (κ3) is 4.71. The van der Waals surface area contributed by atoms with Crippen molar-refractivity contribution in [3.63, 3.8) is 0 Å². The molecule has 126 valence electrons. The molecule has 2 N–H and O–H groups in total. The molecule has 2 atom stereocenters. The molecule has 4 nitrogen and oxygen atoms in total. The van der Waals surface area contributed by atoms with Crippen LogP contribution in [0.2, 0.25) is 5.02 Å². The fraction of sp³-hybridized carbons (Fsp3) is 0.556. The van der Waals surface area contributed by atoms with Gasteiger partial charge in [0.2, 0.25) is 5.91 Å².